The minimum atomic E-state index is -0.355. The molecule has 21 heavy (non-hydrogen) atoms. The van der Waals surface area contributed by atoms with Gasteiger partial charge in [0.2, 0.25) is 0 Å². The molecule has 0 heterocycles. The van der Waals surface area contributed by atoms with Crippen LogP contribution < -0.4 is 5.32 Å². The zero-order valence-electron chi connectivity index (χ0n) is 12.8. The largest absolute Gasteiger partial charge is 0.392 e. The smallest absolute Gasteiger partial charge is 0.128 e. The molecular weight excluding hydrogens is 265 g/mol. The molecule has 0 radical (unpaired) electrons. The van der Waals surface area contributed by atoms with Crippen LogP contribution in [-0.2, 0) is 19.7 Å². The maximum atomic E-state index is 13.3. The zero-order valence-corrected chi connectivity index (χ0v) is 12.8. The van der Waals surface area contributed by atoms with Crippen LogP contribution >= 0.6 is 0 Å². The number of hydrogen-bond donors (Lipinski definition) is 2. The van der Waals surface area contributed by atoms with Crippen LogP contribution in [0.5, 0.6) is 0 Å². The first kappa shape index (κ1) is 15.7. The summed E-state index contributed by atoms with van der Waals surface area (Å²) in [6.07, 6.45) is 0. The van der Waals surface area contributed by atoms with Crippen molar-refractivity contribution in [2.24, 2.45) is 0 Å². The number of halogens is 1. The Morgan fingerprint density at radius 2 is 1.62 bits per heavy atom. The van der Waals surface area contributed by atoms with Crippen molar-refractivity contribution in [3.05, 3.63) is 69.5 Å². The Bertz CT molecular complexity index is 637. The van der Waals surface area contributed by atoms with Crippen LogP contribution in [0.3, 0.4) is 0 Å². The highest BCUT2D eigenvalue weighted by Crippen LogP contribution is 2.15. The molecule has 0 fully saturated rings. The van der Waals surface area contributed by atoms with E-state index < -0.39 is 0 Å². The molecule has 112 valence electrons. The number of aryl methyl sites for hydroxylation is 3. The number of aliphatic hydroxyl groups is 1. The van der Waals surface area contributed by atoms with E-state index in [0.29, 0.717) is 12.1 Å². The average molecular weight is 287 g/mol. The first-order chi connectivity index (χ1) is 10.0. The van der Waals surface area contributed by atoms with Crippen molar-refractivity contribution in [2.45, 2.75) is 40.5 Å². The van der Waals surface area contributed by atoms with E-state index in [1.54, 1.807) is 12.1 Å². The molecule has 2 nitrogen and oxygen atoms in total. The van der Waals surface area contributed by atoms with Crippen molar-refractivity contribution in [3.63, 3.8) is 0 Å². The Hall–Kier alpha value is -1.71. The average Bonchev–Trinajstić information content (AvgIpc) is 2.46. The van der Waals surface area contributed by atoms with Gasteiger partial charge in [0, 0.05) is 18.7 Å². The van der Waals surface area contributed by atoms with E-state index in [0.717, 1.165) is 12.1 Å². The number of hydrogen-bond acceptors (Lipinski definition) is 2. The van der Waals surface area contributed by atoms with Crippen LogP contribution in [0.2, 0.25) is 0 Å². The summed E-state index contributed by atoms with van der Waals surface area (Å²) in [4.78, 5) is 0. The fourth-order valence-corrected chi connectivity index (χ4v) is 2.41. The van der Waals surface area contributed by atoms with Gasteiger partial charge < -0.3 is 10.4 Å². The minimum absolute atomic E-state index is 0.268. The summed E-state index contributed by atoms with van der Waals surface area (Å²) in [5.74, 6) is -0.355. The number of rotatable bonds is 5. The zero-order chi connectivity index (χ0) is 15.4. The molecule has 0 aliphatic heterocycles. The summed E-state index contributed by atoms with van der Waals surface area (Å²) < 4.78 is 13.3. The maximum Gasteiger partial charge on any atom is 0.128 e. The van der Waals surface area contributed by atoms with Crippen molar-refractivity contribution in [2.75, 3.05) is 0 Å². The van der Waals surface area contributed by atoms with E-state index >= 15 is 0 Å². The highest BCUT2D eigenvalue weighted by Gasteiger charge is 2.04. The normalized spacial score (nSPS) is 10.9. The third-order valence-corrected chi connectivity index (χ3v) is 3.88. The molecule has 0 aliphatic rings. The Labute approximate surface area is 125 Å². The van der Waals surface area contributed by atoms with E-state index in [-0.39, 0.29) is 12.4 Å². The van der Waals surface area contributed by atoms with Gasteiger partial charge in [-0.15, -0.1) is 0 Å². The third kappa shape index (κ3) is 3.90. The lowest BCUT2D eigenvalue weighted by molar-refractivity contribution is 0.275. The molecule has 3 heteroatoms. The molecule has 0 aromatic heterocycles. The lowest BCUT2D eigenvalue weighted by atomic mass is 10.0. The second kappa shape index (κ2) is 6.83. The van der Waals surface area contributed by atoms with Crippen molar-refractivity contribution in [1.82, 2.24) is 5.32 Å². The van der Waals surface area contributed by atoms with Crippen LogP contribution in [0, 0.1) is 26.6 Å². The molecule has 0 atom stereocenters. The van der Waals surface area contributed by atoms with E-state index in [1.165, 1.54) is 28.3 Å². The molecule has 0 aliphatic carbocycles. The quantitative estimate of drug-likeness (QED) is 0.881. The van der Waals surface area contributed by atoms with Crippen LogP contribution in [0.15, 0.2) is 30.3 Å². The SMILES string of the molecule is Cc1cc(C)c(CNCc2ccc(F)c(CO)c2)cc1C. The third-order valence-electron chi connectivity index (χ3n) is 3.88. The van der Waals surface area contributed by atoms with Gasteiger partial charge >= 0.3 is 0 Å². The monoisotopic (exact) mass is 287 g/mol. The van der Waals surface area contributed by atoms with Gasteiger partial charge in [-0.2, -0.15) is 0 Å². The molecule has 2 rings (SSSR count). The summed E-state index contributed by atoms with van der Waals surface area (Å²) in [6, 6.07) is 9.27. The van der Waals surface area contributed by atoms with Crippen molar-refractivity contribution >= 4 is 0 Å². The van der Waals surface area contributed by atoms with E-state index in [4.69, 9.17) is 5.11 Å². The fourth-order valence-electron chi connectivity index (χ4n) is 2.41. The van der Waals surface area contributed by atoms with Gasteiger partial charge in [0.15, 0.2) is 0 Å². The van der Waals surface area contributed by atoms with Gasteiger partial charge in [-0.1, -0.05) is 18.2 Å². The number of benzene rings is 2. The van der Waals surface area contributed by atoms with E-state index in [2.05, 4.69) is 38.2 Å². The van der Waals surface area contributed by atoms with Crippen molar-refractivity contribution in [1.29, 1.82) is 0 Å². The molecule has 0 unspecified atom stereocenters. The molecule has 0 spiro atoms. The molecule has 0 bridgehead atoms. The Kier molecular flexibility index (Phi) is 5.10. The first-order valence-electron chi connectivity index (χ1n) is 7.17. The number of nitrogens with one attached hydrogen (secondary N) is 1. The molecule has 0 amide bonds. The molecular formula is C18H22FNO. The lowest BCUT2D eigenvalue weighted by Crippen LogP contribution is -2.14. The Morgan fingerprint density at radius 1 is 0.905 bits per heavy atom. The maximum absolute atomic E-state index is 13.3. The fraction of sp³-hybridized carbons (Fsp3) is 0.333. The van der Waals surface area contributed by atoms with Crippen LogP contribution in [-0.4, -0.2) is 5.11 Å². The number of aliphatic hydroxyl groups excluding tert-OH is 1. The molecule has 2 aromatic carbocycles. The second-order valence-corrected chi connectivity index (χ2v) is 5.55. The van der Waals surface area contributed by atoms with E-state index in [9.17, 15) is 4.39 Å². The van der Waals surface area contributed by atoms with Crippen LogP contribution in [0.4, 0.5) is 4.39 Å². The highest BCUT2D eigenvalue weighted by molar-refractivity contribution is 5.36. The summed E-state index contributed by atoms with van der Waals surface area (Å²) >= 11 is 0. The molecule has 2 aromatic rings. The molecule has 2 N–H and O–H groups in total. The van der Waals surface area contributed by atoms with Crippen LogP contribution in [0.25, 0.3) is 0 Å². The van der Waals surface area contributed by atoms with E-state index in [1.807, 2.05) is 0 Å². The standard InChI is InChI=1S/C18H22FNO/c1-12-6-14(3)16(7-13(12)2)10-20-9-15-4-5-18(19)17(8-15)11-21/h4-8,20-21H,9-11H2,1-3H3. The Balaban J connectivity index is 2.00. The Morgan fingerprint density at radius 3 is 2.33 bits per heavy atom. The topological polar surface area (TPSA) is 32.3 Å². The highest BCUT2D eigenvalue weighted by atomic mass is 19.1. The lowest BCUT2D eigenvalue weighted by Gasteiger charge is -2.11. The molecule has 0 saturated heterocycles. The second-order valence-electron chi connectivity index (χ2n) is 5.55. The van der Waals surface area contributed by atoms with Gasteiger partial charge in [0.05, 0.1) is 6.61 Å². The summed E-state index contributed by atoms with van der Waals surface area (Å²) in [7, 11) is 0. The van der Waals surface area contributed by atoms with Gasteiger partial charge in [0.25, 0.3) is 0 Å². The predicted molar refractivity (Wildman–Crippen MR) is 83.5 cm³/mol. The van der Waals surface area contributed by atoms with Gasteiger partial charge in [-0.05, 0) is 60.7 Å². The molecule has 0 saturated carbocycles. The summed E-state index contributed by atoms with van der Waals surface area (Å²) in [5.41, 5.74) is 6.48. The summed E-state index contributed by atoms with van der Waals surface area (Å²) in [6.45, 7) is 7.51. The predicted octanol–water partition coefficient (Wildman–Crippen LogP) is 3.53. The summed E-state index contributed by atoms with van der Waals surface area (Å²) in [5, 5.41) is 12.5. The van der Waals surface area contributed by atoms with Gasteiger partial charge in [0.1, 0.15) is 5.82 Å². The first-order valence-corrected chi connectivity index (χ1v) is 7.17. The van der Waals surface area contributed by atoms with Gasteiger partial charge in [-0.25, -0.2) is 4.39 Å². The minimum Gasteiger partial charge on any atom is -0.392 e. The van der Waals surface area contributed by atoms with Gasteiger partial charge in [-0.3, -0.25) is 0 Å². The van der Waals surface area contributed by atoms with Crippen molar-refractivity contribution < 1.29 is 9.50 Å². The van der Waals surface area contributed by atoms with Crippen molar-refractivity contribution in [3.8, 4) is 0 Å². The van der Waals surface area contributed by atoms with Crippen LogP contribution in [0.1, 0.15) is 33.4 Å².